The molecule has 0 heterocycles. The van der Waals surface area contributed by atoms with E-state index in [-0.39, 0.29) is 5.69 Å². The number of anilines is 1. The van der Waals surface area contributed by atoms with Gasteiger partial charge in [0.1, 0.15) is 0 Å². The fourth-order valence-electron chi connectivity index (χ4n) is 1.70. The van der Waals surface area contributed by atoms with Crippen molar-refractivity contribution in [3.05, 3.63) is 66.0 Å². The average Bonchev–Trinajstić information content (AvgIpc) is 2.42. The highest BCUT2D eigenvalue weighted by atomic mass is 35.5. The zero-order chi connectivity index (χ0) is 13.8. The summed E-state index contributed by atoms with van der Waals surface area (Å²) in [6, 6.07) is 11.7. The van der Waals surface area contributed by atoms with Gasteiger partial charge in [-0.2, -0.15) is 0 Å². The van der Waals surface area contributed by atoms with E-state index in [0.29, 0.717) is 16.1 Å². The van der Waals surface area contributed by atoms with Gasteiger partial charge >= 0.3 is 0 Å². The van der Waals surface area contributed by atoms with Gasteiger partial charge in [-0.25, -0.2) is 4.39 Å². The molecule has 0 radical (unpaired) electrons. The normalized spacial score (nSPS) is 10.0. The summed E-state index contributed by atoms with van der Waals surface area (Å²) in [7, 11) is 0. The van der Waals surface area contributed by atoms with Crippen LogP contribution in [0, 0.1) is 5.82 Å². The van der Waals surface area contributed by atoms with Crippen molar-refractivity contribution in [3.8, 4) is 11.1 Å². The van der Waals surface area contributed by atoms with Crippen LogP contribution >= 0.6 is 11.6 Å². The molecule has 2 rings (SSSR count). The van der Waals surface area contributed by atoms with Crippen molar-refractivity contribution in [2.45, 2.75) is 0 Å². The number of amides is 1. The maximum absolute atomic E-state index is 14.3. The van der Waals surface area contributed by atoms with Crippen molar-refractivity contribution < 1.29 is 9.18 Å². The number of carbonyl (C=O) groups is 1. The van der Waals surface area contributed by atoms with Crippen LogP contribution in [0.1, 0.15) is 0 Å². The minimum atomic E-state index is -0.522. The summed E-state index contributed by atoms with van der Waals surface area (Å²) >= 11 is 6.05. The quantitative estimate of drug-likeness (QED) is 0.833. The van der Waals surface area contributed by atoms with Gasteiger partial charge < -0.3 is 5.32 Å². The predicted molar refractivity (Wildman–Crippen MR) is 75.7 cm³/mol. The first-order chi connectivity index (χ1) is 9.13. The highest BCUT2D eigenvalue weighted by Gasteiger charge is 2.12. The molecule has 0 aliphatic rings. The Bertz CT molecular complexity index is 640. The molecule has 19 heavy (non-hydrogen) atoms. The average molecular weight is 276 g/mol. The molecule has 0 saturated carbocycles. The zero-order valence-electron chi connectivity index (χ0n) is 9.99. The van der Waals surface area contributed by atoms with Crippen molar-refractivity contribution in [3.63, 3.8) is 0 Å². The summed E-state index contributed by atoms with van der Waals surface area (Å²) in [5.74, 6) is -0.985. The van der Waals surface area contributed by atoms with Crippen molar-refractivity contribution in [2.75, 3.05) is 5.32 Å². The fraction of sp³-hybridized carbons (Fsp3) is 0. The second kappa shape index (κ2) is 5.67. The highest BCUT2D eigenvalue weighted by molar-refractivity contribution is 6.33. The maximum atomic E-state index is 14.3. The molecular formula is C15H11ClFNO. The van der Waals surface area contributed by atoms with Crippen LogP contribution in [0.3, 0.4) is 0 Å². The van der Waals surface area contributed by atoms with E-state index in [1.807, 2.05) is 0 Å². The molecule has 0 atom stereocenters. The van der Waals surface area contributed by atoms with E-state index in [1.54, 1.807) is 36.4 Å². The second-order valence-corrected chi connectivity index (χ2v) is 4.25. The molecule has 2 aromatic carbocycles. The Morgan fingerprint density at radius 3 is 2.53 bits per heavy atom. The van der Waals surface area contributed by atoms with E-state index in [9.17, 15) is 9.18 Å². The molecule has 4 heteroatoms. The predicted octanol–water partition coefficient (Wildman–Crippen LogP) is 4.27. The Balaban J connectivity index is 2.49. The Hall–Kier alpha value is -2.13. The van der Waals surface area contributed by atoms with Gasteiger partial charge in [0.05, 0.1) is 5.69 Å². The lowest BCUT2D eigenvalue weighted by atomic mass is 10.0. The van der Waals surface area contributed by atoms with Crippen molar-refractivity contribution in [1.82, 2.24) is 0 Å². The van der Waals surface area contributed by atoms with Crippen LogP contribution in [0.25, 0.3) is 11.1 Å². The number of benzene rings is 2. The summed E-state index contributed by atoms with van der Waals surface area (Å²) in [6.45, 7) is 3.33. The molecule has 0 aromatic heterocycles. The van der Waals surface area contributed by atoms with E-state index in [4.69, 9.17) is 11.6 Å². The lowest BCUT2D eigenvalue weighted by Crippen LogP contribution is -2.09. The molecule has 2 nitrogen and oxygen atoms in total. The molecule has 0 aliphatic heterocycles. The van der Waals surface area contributed by atoms with Crippen molar-refractivity contribution >= 4 is 23.2 Å². The molecule has 0 spiro atoms. The van der Waals surface area contributed by atoms with Gasteiger partial charge in [0.25, 0.3) is 0 Å². The van der Waals surface area contributed by atoms with Crippen LogP contribution < -0.4 is 5.32 Å². The van der Waals surface area contributed by atoms with Crippen molar-refractivity contribution in [2.24, 2.45) is 0 Å². The topological polar surface area (TPSA) is 29.1 Å². The van der Waals surface area contributed by atoms with Gasteiger partial charge in [0.15, 0.2) is 5.82 Å². The molecule has 0 fully saturated rings. The molecule has 96 valence electrons. The van der Waals surface area contributed by atoms with Crippen LogP contribution in [0.2, 0.25) is 5.02 Å². The molecule has 0 aliphatic carbocycles. The fourth-order valence-corrected chi connectivity index (χ4v) is 1.94. The first kappa shape index (κ1) is 13.3. The van der Waals surface area contributed by atoms with Gasteiger partial charge in [-0.05, 0) is 18.2 Å². The van der Waals surface area contributed by atoms with E-state index in [0.717, 1.165) is 6.08 Å². The van der Waals surface area contributed by atoms with Gasteiger partial charge in [-0.1, -0.05) is 48.5 Å². The highest BCUT2D eigenvalue weighted by Crippen LogP contribution is 2.32. The standard InChI is InChI=1S/C15H11ClFNO/c1-2-14(19)18-13-9-5-7-11(15(13)17)10-6-3-4-8-12(10)16/h2-9H,1H2,(H,18,19). The number of carbonyl (C=O) groups excluding carboxylic acids is 1. The third kappa shape index (κ3) is 2.83. The summed E-state index contributed by atoms with van der Waals surface area (Å²) < 4.78 is 14.3. The van der Waals surface area contributed by atoms with Crippen LogP contribution in [0.4, 0.5) is 10.1 Å². The van der Waals surface area contributed by atoms with E-state index in [2.05, 4.69) is 11.9 Å². The number of rotatable bonds is 3. The molecule has 1 N–H and O–H groups in total. The Morgan fingerprint density at radius 1 is 1.16 bits per heavy atom. The number of hydrogen-bond acceptors (Lipinski definition) is 1. The first-order valence-corrected chi connectivity index (χ1v) is 5.98. The largest absolute Gasteiger partial charge is 0.320 e. The molecule has 1 amide bonds. The first-order valence-electron chi connectivity index (χ1n) is 5.60. The molecular weight excluding hydrogens is 265 g/mol. The number of halogens is 2. The molecule has 0 unspecified atom stereocenters. The SMILES string of the molecule is C=CC(=O)Nc1cccc(-c2ccccc2Cl)c1F. The van der Waals surface area contributed by atoms with Gasteiger partial charge in [0.2, 0.25) is 5.91 Å². The Morgan fingerprint density at radius 2 is 1.84 bits per heavy atom. The number of nitrogens with one attached hydrogen (secondary N) is 1. The molecule has 0 bridgehead atoms. The third-order valence-electron chi connectivity index (χ3n) is 2.61. The maximum Gasteiger partial charge on any atom is 0.247 e. The number of hydrogen-bond donors (Lipinski definition) is 1. The van der Waals surface area contributed by atoms with Crippen LogP contribution in [-0.4, -0.2) is 5.91 Å². The summed E-state index contributed by atoms with van der Waals surface area (Å²) in [5.41, 5.74) is 1.02. The monoisotopic (exact) mass is 275 g/mol. The molecule has 0 saturated heterocycles. The Labute approximate surface area is 115 Å². The summed E-state index contributed by atoms with van der Waals surface area (Å²) in [5, 5.41) is 2.87. The summed E-state index contributed by atoms with van der Waals surface area (Å²) in [4.78, 5) is 11.2. The minimum Gasteiger partial charge on any atom is -0.320 e. The third-order valence-corrected chi connectivity index (χ3v) is 2.94. The van der Waals surface area contributed by atoms with E-state index in [1.165, 1.54) is 6.07 Å². The zero-order valence-corrected chi connectivity index (χ0v) is 10.7. The van der Waals surface area contributed by atoms with Crippen molar-refractivity contribution in [1.29, 1.82) is 0 Å². The van der Waals surface area contributed by atoms with Gasteiger partial charge in [0, 0.05) is 16.1 Å². The summed E-state index contributed by atoms with van der Waals surface area (Å²) in [6.07, 6.45) is 1.08. The lowest BCUT2D eigenvalue weighted by Gasteiger charge is -2.10. The molecule has 2 aromatic rings. The lowest BCUT2D eigenvalue weighted by molar-refractivity contribution is -0.111. The van der Waals surface area contributed by atoms with E-state index < -0.39 is 11.7 Å². The van der Waals surface area contributed by atoms with Gasteiger partial charge in [-0.3, -0.25) is 4.79 Å². The second-order valence-electron chi connectivity index (χ2n) is 3.84. The minimum absolute atomic E-state index is 0.0994. The van der Waals surface area contributed by atoms with Crippen LogP contribution in [-0.2, 0) is 4.79 Å². The van der Waals surface area contributed by atoms with Gasteiger partial charge in [-0.15, -0.1) is 0 Å². The van der Waals surface area contributed by atoms with E-state index >= 15 is 0 Å². The van der Waals surface area contributed by atoms with Crippen LogP contribution in [0.15, 0.2) is 55.1 Å². The van der Waals surface area contributed by atoms with Crippen LogP contribution in [0.5, 0.6) is 0 Å². The Kier molecular flexibility index (Phi) is 3.97. The smallest absolute Gasteiger partial charge is 0.247 e.